The minimum Gasteiger partial charge on any atom is -0.468 e. The van der Waals surface area contributed by atoms with Gasteiger partial charge in [-0.2, -0.15) is 0 Å². The molecule has 0 bridgehead atoms. The van der Waals surface area contributed by atoms with Crippen LogP contribution in [0.4, 0.5) is 20.2 Å². The molecule has 0 aliphatic carbocycles. The van der Waals surface area contributed by atoms with E-state index in [1.807, 2.05) is 0 Å². The second kappa shape index (κ2) is 6.07. The lowest BCUT2D eigenvalue weighted by molar-refractivity contribution is -0.384. The van der Waals surface area contributed by atoms with Gasteiger partial charge in [0.1, 0.15) is 6.54 Å². The summed E-state index contributed by atoms with van der Waals surface area (Å²) >= 11 is 0. The zero-order valence-electron chi connectivity index (χ0n) is 10.4. The highest BCUT2D eigenvalue weighted by Crippen LogP contribution is 2.32. The number of likely N-dealkylation sites (N-methyl/N-ethyl adjacent to an activating group) is 1. The number of benzene rings is 1. The molecule has 19 heavy (non-hydrogen) atoms. The molecule has 0 radical (unpaired) electrons. The van der Waals surface area contributed by atoms with Gasteiger partial charge in [0.2, 0.25) is 0 Å². The Morgan fingerprint density at radius 2 is 2.11 bits per heavy atom. The lowest BCUT2D eigenvalue weighted by atomic mass is 10.2. The molecule has 6 nitrogen and oxygen atoms in total. The highest BCUT2D eigenvalue weighted by atomic mass is 19.2. The van der Waals surface area contributed by atoms with Crippen LogP contribution in [0.25, 0.3) is 0 Å². The summed E-state index contributed by atoms with van der Waals surface area (Å²) in [5.41, 5.74) is -1.16. The highest BCUT2D eigenvalue weighted by Gasteiger charge is 2.27. The van der Waals surface area contributed by atoms with Gasteiger partial charge in [0.25, 0.3) is 5.69 Å². The zero-order valence-corrected chi connectivity index (χ0v) is 10.4. The SMILES string of the molecule is CCN(CC(=O)OC)c1c([N+](=O)[O-])ccc(F)c1F. The lowest BCUT2D eigenvalue weighted by Crippen LogP contribution is -2.31. The summed E-state index contributed by atoms with van der Waals surface area (Å²) in [6, 6.07) is 1.52. The van der Waals surface area contributed by atoms with Crippen molar-refractivity contribution in [3.63, 3.8) is 0 Å². The molecule has 0 N–H and O–H groups in total. The molecule has 0 aliphatic heterocycles. The first kappa shape index (κ1) is 14.8. The first-order valence-corrected chi connectivity index (χ1v) is 5.36. The van der Waals surface area contributed by atoms with Crippen molar-refractivity contribution in [1.29, 1.82) is 0 Å². The van der Waals surface area contributed by atoms with Gasteiger partial charge in [0.15, 0.2) is 17.3 Å². The molecule has 0 saturated heterocycles. The second-order valence-corrected chi connectivity index (χ2v) is 3.58. The van der Waals surface area contributed by atoms with Crippen LogP contribution >= 0.6 is 0 Å². The molecule has 0 spiro atoms. The topological polar surface area (TPSA) is 72.7 Å². The number of esters is 1. The van der Waals surface area contributed by atoms with E-state index in [2.05, 4.69) is 4.74 Å². The smallest absolute Gasteiger partial charge is 0.325 e. The number of hydrogen-bond donors (Lipinski definition) is 0. The van der Waals surface area contributed by atoms with Crippen molar-refractivity contribution in [2.75, 3.05) is 25.1 Å². The predicted molar refractivity (Wildman–Crippen MR) is 62.9 cm³/mol. The first-order valence-electron chi connectivity index (χ1n) is 5.36. The molecule has 0 atom stereocenters. The van der Waals surface area contributed by atoms with E-state index in [9.17, 15) is 23.7 Å². The second-order valence-electron chi connectivity index (χ2n) is 3.58. The average Bonchev–Trinajstić information content (AvgIpc) is 2.38. The molecule has 1 rings (SSSR count). The van der Waals surface area contributed by atoms with Crippen LogP contribution in [0.5, 0.6) is 0 Å². The predicted octanol–water partition coefficient (Wildman–Crippen LogP) is 1.87. The Kier molecular flexibility index (Phi) is 4.74. The average molecular weight is 274 g/mol. The Morgan fingerprint density at radius 1 is 1.47 bits per heavy atom. The van der Waals surface area contributed by atoms with Crippen LogP contribution in [0, 0.1) is 21.7 Å². The van der Waals surface area contributed by atoms with Gasteiger partial charge in [0.05, 0.1) is 12.0 Å². The van der Waals surface area contributed by atoms with Crippen LogP contribution in [0.2, 0.25) is 0 Å². The first-order chi connectivity index (χ1) is 8.92. The summed E-state index contributed by atoms with van der Waals surface area (Å²) in [6.45, 7) is 1.22. The number of nitro benzene ring substituents is 1. The van der Waals surface area contributed by atoms with Crippen LogP contribution in [0.3, 0.4) is 0 Å². The zero-order chi connectivity index (χ0) is 14.6. The number of halogens is 2. The molecule has 0 heterocycles. The Balaban J connectivity index is 3.31. The minimum atomic E-state index is -1.36. The molecule has 1 aromatic rings. The lowest BCUT2D eigenvalue weighted by Gasteiger charge is -2.21. The third-order valence-corrected chi connectivity index (χ3v) is 2.49. The quantitative estimate of drug-likeness (QED) is 0.465. The van der Waals surface area contributed by atoms with Gasteiger partial charge in [-0.15, -0.1) is 0 Å². The largest absolute Gasteiger partial charge is 0.468 e. The third kappa shape index (κ3) is 3.15. The van der Waals surface area contributed by atoms with E-state index in [0.717, 1.165) is 18.1 Å². The fraction of sp³-hybridized carbons (Fsp3) is 0.364. The van der Waals surface area contributed by atoms with Crippen molar-refractivity contribution in [2.24, 2.45) is 0 Å². The molecular formula is C11H12F2N2O4. The van der Waals surface area contributed by atoms with Crippen LogP contribution in [-0.2, 0) is 9.53 Å². The molecular weight excluding hydrogens is 262 g/mol. The van der Waals surface area contributed by atoms with E-state index in [0.29, 0.717) is 6.07 Å². The molecule has 1 aromatic carbocycles. The minimum absolute atomic E-state index is 0.0797. The maximum atomic E-state index is 13.7. The molecule has 0 saturated carbocycles. The number of rotatable bonds is 5. The van der Waals surface area contributed by atoms with Crippen LogP contribution < -0.4 is 4.90 Å². The standard InChI is InChI=1S/C11H12F2N2O4/c1-3-14(6-9(16)19-2)11-8(15(17)18)5-4-7(12)10(11)13/h4-5H,3,6H2,1-2H3. The van der Waals surface area contributed by atoms with E-state index >= 15 is 0 Å². The molecule has 0 amide bonds. The van der Waals surface area contributed by atoms with Gasteiger partial charge in [-0.1, -0.05) is 0 Å². The Morgan fingerprint density at radius 3 is 2.58 bits per heavy atom. The van der Waals surface area contributed by atoms with Crippen molar-refractivity contribution in [3.05, 3.63) is 33.9 Å². The van der Waals surface area contributed by atoms with E-state index in [1.54, 1.807) is 6.92 Å². The van der Waals surface area contributed by atoms with Crippen molar-refractivity contribution in [1.82, 2.24) is 0 Å². The Hall–Kier alpha value is -2.25. The summed E-state index contributed by atoms with van der Waals surface area (Å²) in [5, 5.41) is 10.8. The number of anilines is 1. The van der Waals surface area contributed by atoms with Crippen molar-refractivity contribution in [3.8, 4) is 0 Å². The highest BCUT2D eigenvalue weighted by molar-refractivity contribution is 5.78. The van der Waals surface area contributed by atoms with E-state index in [-0.39, 0.29) is 6.54 Å². The maximum absolute atomic E-state index is 13.7. The normalized spacial score (nSPS) is 10.1. The molecule has 0 fully saturated rings. The summed E-state index contributed by atoms with van der Waals surface area (Å²) in [7, 11) is 1.13. The van der Waals surface area contributed by atoms with Crippen molar-refractivity contribution < 1.29 is 23.2 Å². The summed E-state index contributed by atoms with van der Waals surface area (Å²) in [6.07, 6.45) is 0. The number of hydrogen-bond acceptors (Lipinski definition) is 5. The van der Waals surface area contributed by atoms with Crippen LogP contribution in [-0.4, -0.2) is 31.1 Å². The van der Waals surface area contributed by atoms with Crippen molar-refractivity contribution >= 4 is 17.3 Å². The maximum Gasteiger partial charge on any atom is 0.325 e. The third-order valence-electron chi connectivity index (χ3n) is 2.49. The number of ether oxygens (including phenoxy) is 1. The van der Waals surface area contributed by atoms with Gasteiger partial charge in [-0.05, 0) is 13.0 Å². The molecule has 8 heteroatoms. The molecule has 0 aromatic heterocycles. The number of nitro groups is 1. The number of methoxy groups -OCH3 is 1. The Labute approximate surface area is 107 Å². The number of carbonyl (C=O) groups excluding carboxylic acids is 1. The fourth-order valence-electron chi connectivity index (χ4n) is 1.55. The molecule has 0 aliphatic rings. The fourth-order valence-corrected chi connectivity index (χ4v) is 1.55. The molecule has 0 unspecified atom stereocenters. The van der Waals surface area contributed by atoms with Crippen LogP contribution in [0.15, 0.2) is 12.1 Å². The summed E-state index contributed by atoms with van der Waals surface area (Å²) in [5.74, 6) is -3.29. The van der Waals surface area contributed by atoms with Gasteiger partial charge >= 0.3 is 5.97 Å². The number of nitrogens with zero attached hydrogens (tertiary/aromatic N) is 2. The van der Waals surface area contributed by atoms with E-state index in [4.69, 9.17) is 0 Å². The molecule has 104 valence electrons. The van der Waals surface area contributed by atoms with E-state index < -0.39 is 40.4 Å². The monoisotopic (exact) mass is 274 g/mol. The Bertz CT molecular complexity index is 508. The summed E-state index contributed by atoms with van der Waals surface area (Å²) < 4.78 is 31.3. The van der Waals surface area contributed by atoms with Crippen molar-refractivity contribution in [2.45, 2.75) is 6.92 Å². The number of carbonyl (C=O) groups is 1. The van der Waals surface area contributed by atoms with Gasteiger partial charge in [0, 0.05) is 12.6 Å². The van der Waals surface area contributed by atoms with Gasteiger partial charge in [-0.25, -0.2) is 8.78 Å². The van der Waals surface area contributed by atoms with Gasteiger partial charge in [-0.3, -0.25) is 14.9 Å². The summed E-state index contributed by atoms with van der Waals surface area (Å²) in [4.78, 5) is 22.2. The van der Waals surface area contributed by atoms with E-state index in [1.165, 1.54) is 0 Å². The van der Waals surface area contributed by atoms with Gasteiger partial charge < -0.3 is 9.64 Å². The van der Waals surface area contributed by atoms with Crippen LogP contribution in [0.1, 0.15) is 6.92 Å².